The summed E-state index contributed by atoms with van der Waals surface area (Å²) in [6.07, 6.45) is -2.10. The number of benzene rings is 2. The van der Waals surface area contributed by atoms with Crippen LogP contribution in [0.1, 0.15) is 40.5 Å². The third-order valence-corrected chi connectivity index (χ3v) is 10.1. The second kappa shape index (κ2) is 16.2. The van der Waals surface area contributed by atoms with Crippen molar-refractivity contribution < 1.29 is 31.1 Å². The lowest BCUT2D eigenvalue weighted by atomic mass is 10.3. The van der Waals surface area contributed by atoms with E-state index in [2.05, 4.69) is 51.9 Å². The van der Waals surface area contributed by atoms with Gasteiger partial charge in [0.25, 0.3) is 0 Å². The van der Waals surface area contributed by atoms with Crippen molar-refractivity contribution in [3.05, 3.63) is 57.5 Å². The van der Waals surface area contributed by atoms with Crippen LogP contribution in [-0.2, 0) is 29.5 Å². The van der Waals surface area contributed by atoms with E-state index in [0.29, 0.717) is 8.95 Å². The zero-order valence-electron chi connectivity index (χ0n) is 22.7. The van der Waals surface area contributed by atoms with Gasteiger partial charge in [-0.25, -0.2) is 21.6 Å². The molecule has 2 rings (SSSR count). The van der Waals surface area contributed by atoms with Crippen molar-refractivity contribution >= 4 is 58.1 Å². The van der Waals surface area contributed by atoms with Crippen LogP contribution in [0.3, 0.4) is 0 Å². The fourth-order valence-electron chi connectivity index (χ4n) is 3.55. The standard InChI is InChI=1S/C25H36Br2N4O7S2/c1-17(2)28-23(30-39(33,34)21-11-7-5-9-19(21)26)13-15-37-25(32)38-16-14-24(29-18(3)4)31-40(35,36)22-12-8-6-10-20(22)27/h5-12,17-18,23-24,28-31H,13-16H2,1-4H3. The third-order valence-electron chi connectivity index (χ3n) is 5.17. The maximum atomic E-state index is 12.9. The highest BCUT2D eigenvalue weighted by Gasteiger charge is 2.24. The van der Waals surface area contributed by atoms with Crippen molar-refractivity contribution in [2.24, 2.45) is 0 Å². The molecule has 224 valence electrons. The quantitative estimate of drug-likeness (QED) is 0.148. The van der Waals surface area contributed by atoms with Gasteiger partial charge in [-0.2, -0.15) is 9.44 Å². The van der Waals surface area contributed by atoms with E-state index in [0.717, 1.165) is 0 Å². The van der Waals surface area contributed by atoms with Crippen molar-refractivity contribution in [2.75, 3.05) is 13.2 Å². The van der Waals surface area contributed by atoms with Gasteiger partial charge < -0.3 is 9.47 Å². The van der Waals surface area contributed by atoms with Gasteiger partial charge in [-0.15, -0.1) is 0 Å². The molecule has 0 amide bonds. The molecule has 0 spiro atoms. The molecule has 15 heteroatoms. The molecule has 11 nitrogen and oxygen atoms in total. The summed E-state index contributed by atoms with van der Waals surface area (Å²) in [5.74, 6) is 0. The van der Waals surface area contributed by atoms with Crippen LogP contribution >= 0.6 is 31.9 Å². The van der Waals surface area contributed by atoms with Crippen molar-refractivity contribution in [3.8, 4) is 0 Å². The Morgan fingerprint density at radius 3 is 1.38 bits per heavy atom. The minimum Gasteiger partial charge on any atom is -0.434 e. The summed E-state index contributed by atoms with van der Waals surface area (Å²) >= 11 is 6.51. The van der Waals surface area contributed by atoms with Gasteiger partial charge in [0.1, 0.15) is 0 Å². The second-order valence-electron chi connectivity index (χ2n) is 9.38. The SMILES string of the molecule is CC(C)NC(CCOC(=O)OCCC(NC(C)C)NS(=O)(=O)c1ccccc1Br)NS(=O)(=O)c1ccccc1Br. The maximum Gasteiger partial charge on any atom is 0.508 e. The molecule has 4 N–H and O–H groups in total. The van der Waals surface area contributed by atoms with Crippen LogP contribution in [0.15, 0.2) is 67.3 Å². The van der Waals surface area contributed by atoms with Crippen molar-refractivity contribution in [1.82, 2.24) is 20.1 Å². The van der Waals surface area contributed by atoms with Crippen LogP contribution in [0.2, 0.25) is 0 Å². The minimum absolute atomic E-state index is 0.0513. The Labute approximate surface area is 253 Å². The Bertz CT molecular complexity index is 1230. The van der Waals surface area contributed by atoms with E-state index in [9.17, 15) is 21.6 Å². The van der Waals surface area contributed by atoms with Gasteiger partial charge in [-0.3, -0.25) is 10.6 Å². The Morgan fingerprint density at radius 2 is 1.05 bits per heavy atom. The van der Waals surface area contributed by atoms with Crippen LogP contribution in [0.4, 0.5) is 4.79 Å². The van der Waals surface area contributed by atoms with Gasteiger partial charge in [0.05, 0.1) is 35.3 Å². The first-order valence-electron chi connectivity index (χ1n) is 12.6. The number of carbonyl (C=O) groups excluding carboxylic acids is 1. The van der Waals surface area contributed by atoms with E-state index in [-0.39, 0.29) is 47.9 Å². The Kier molecular flexibility index (Phi) is 14.0. The Hall–Kier alpha value is -1.59. The summed E-state index contributed by atoms with van der Waals surface area (Å²) in [6, 6.07) is 12.8. The van der Waals surface area contributed by atoms with E-state index >= 15 is 0 Å². The molecule has 0 saturated heterocycles. The molecule has 0 fully saturated rings. The Balaban J connectivity index is 1.89. The number of nitrogens with one attached hydrogen (secondary N) is 4. The number of ether oxygens (including phenoxy) is 2. The lowest BCUT2D eigenvalue weighted by molar-refractivity contribution is 0.0494. The molecule has 2 aromatic rings. The fourth-order valence-corrected chi connectivity index (χ4v) is 7.93. The van der Waals surface area contributed by atoms with Gasteiger partial charge in [-0.05, 0) is 83.8 Å². The highest BCUT2D eigenvalue weighted by Crippen LogP contribution is 2.22. The number of rotatable bonds is 16. The summed E-state index contributed by atoms with van der Waals surface area (Å²) in [4.78, 5) is 12.4. The van der Waals surface area contributed by atoms with Gasteiger partial charge in [-0.1, -0.05) is 24.3 Å². The molecular formula is C25H36Br2N4O7S2. The van der Waals surface area contributed by atoms with Crippen LogP contribution in [0.5, 0.6) is 0 Å². The summed E-state index contributed by atoms with van der Waals surface area (Å²) in [5.41, 5.74) is 0. The Morgan fingerprint density at radius 1 is 0.700 bits per heavy atom. The number of hydrogen-bond donors (Lipinski definition) is 4. The number of sulfonamides is 2. The smallest absolute Gasteiger partial charge is 0.434 e. The van der Waals surface area contributed by atoms with Crippen molar-refractivity contribution in [3.63, 3.8) is 0 Å². The zero-order chi connectivity index (χ0) is 29.9. The minimum atomic E-state index is -3.86. The van der Waals surface area contributed by atoms with E-state index in [4.69, 9.17) is 9.47 Å². The molecule has 2 unspecified atom stereocenters. The molecule has 2 atom stereocenters. The first-order chi connectivity index (χ1) is 18.7. The first kappa shape index (κ1) is 34.6. The van der Waals surface area contributed by atoms with Crippen molar-refractivity contribution in [1.29, 1.82) is 0 Å². The monoisotopic (exact) mass is 726 g/mol. The second-order valence-corrected chi connectivity index (χ2v) is 14.4. The fraction of sp³-hybridized carbons (Fsp3) is 0.480. The molecule has 0 radical (unpaired) electrons. The van der Waals surface area contributed by atoms with Gasteiger partial charge in [0, 0.05) is 33.9 Å². The third kappa shape index (κ3) is 11.7. The van der Waals surface area contributed by atoms with E-state index < -0.39 is 38.5 Å². The highest BCUT2D eigenvalue weighted by atomic mass is 79.9. The van der Waals surface area contributed by atoms with Crippen LogP contribution in [0, 0.1) is 0 Å². The predicted molar refractivity (Wildman–Crippen MR) is 160 cm³/mol. The molecule has 0 aliphatic carbocycles. The van der Waals surface area contributed by atoms with Gasteiger partial charge >= 0.3 is 6.16 Å². The van der Waals surface area contributed by atoms with Gasteiger partial charge in [0.2, 0.25) is 20.0 Å². The lowest BCUT2D eigenvalue weighted by Crippen LogP contribution is -2.48. The normalized spacial score (nSPS) is 13.8. The molecular weight excluding hydrogens is 692 g/mol. The summed E-state index contributed by atoms with van der Waals surface area (Å²) in [6.45, 7) is 7.21. The average molecular weight is 729 g/mol. The maximum absolute atomic E-state index is 12.9. The van der Waals surface area contributed by atoms with Crippen LogP contribution in [-0.4, -0.2) is 60.6 Å². The number of halogens is 2. The molecule has 0 heterocycles. The molecule has 0 saturated carbocycles. The molecule has 2 aromatic carbocycles. The molecule has 0 aliphatic heterocycles. The number of carbonyl (C=O) groups is 1. The largest absolute Gasteiger partial charge is 0.508 e. The van der Waals surface area contributed by atoms with E-state index in [1.54, 1.807) is 36.4 Å². The summed E-state index contributed by atoms with van der Waals surface area (Å²) in [7, 11) is -7.71. The zero-order valence-corrected chi connectivity index (χ0v) is 27.5. The first-order valence-corrected chi connectivity index (χ1v) is 17.1. The van der Waals surface area contributed by atoms with Gasteiger partial charge in [0.15, 0.2) is 0 Å². The topological polar surface area (TPSA) is 152 Å². The molecule has 40 heavy (non-hydrogen) atoms. The number of hydrogen-bond acceptors (Lipinski definition) is 9. The van der Waals surface area contributed by atoms with Crippen LogP contribution < -0.4 is 20.1 Å². The highest BCUT2D eigenvalue weighted by molar-refractivity contribution is 9.10. The van der Waals surface area contributed by atoms with Crippen molar-refractivity contribution in [2.45, 2.75) is 74.7 Å². The predicted octanol–water partition coefficient (Wildman–Crippen LogP) is 4.05. The molecule has 0 aromatic heterocycles. The van der Waals surface area contributed by atoms with E-state index in [1.165, 1.54) is 12.1 Å². The molecule has 0 bridgehead atoms. The summed E-state index contributed by atoms with van der Waals surface area (Å²) < 4.78 is 67.8. The van der Waals surface area contributed by atoms with Crippen LogP contribution in [0.25, 0.3) is 0 Å². The summed E-state index contributed by atoms with van der Waals surface area (Å²) in [5, 5.41) is 6.20. The average Bonchev–Trinajstić information content (AvgIpc) is 2.83. The van der Waals surface area contributed by atoms with E-state index in [1.807, 2.05) is 27.7 Å². The lowest BCUT2D eigenvalue weighted by Gasteiger charge is -2.23. The molecule has 0 aliphatic rings.